The Morgan fingerprint density at radius 2 is 0.741 bits per heavy atom. The third kappa shape index (κ3) is 20.2. The molecule has 8 nitrogen and oxygen atoms in total. The Morgan fingerprint density at radius 1 is 0.407 bits per heavy atom. The maximum absolute atomic E-state index is 12.6. The van der Waals surface area contributed by atoms with Gasteiger partial charge in [-0.05, 0) is 163 Å². The van der Waals surface area contributed by atoms with E-state index in [0.717, 1.165) is 71.1 Å². The van der Waals surface area contributed by atoms with Gasteiger partial charge < -0.3 is 5.73 Å². The zero-order valence-electron chi connectivity index (χ0n) is 40.8. The number of nitrogens with two attached hydrogens (primary N) is 1. The molecule has 420 valence electrons. The number of sulfone groups is 2. The molecule has 0 spiro atoms. The maximum Gasteiger partial charge on any atom is 0.416 e. The van der Waals surface area contributed by atoms with Gasteiger partial charge in [-0.3, -0.25) is 0 Å². The molecule has 8 aromatic carbocycles. The van der Waals surface area contributed by atoms with Crippen LogP contribution in [-0.2, 0) is 50.9 Å². The van der Waals surface area contributed by atoms with E-state index in [1.54, 1.807) is 30.3 Å². The Hall–Kier alpha value is -8.12. The summed E-state index contributed by atoms with van der Waals surface area (Å²) >= 11 is 5.01. The summed E-state index contributed by atoms with van der Waals surface area (Å²) in [5.74, 6) is -0.311. The second-order valence-corrected chi connectivity index (χ2v) is 21.5. The van der Waals surface area contributed by atoms with Crippen LogP contribution in [-0.4, -0.2) is 16.8 Å². The van der Waals surface area contributed by atoms with Crippen LogP contribution in [0.4, 0.5) is 57.1 Å². The van der Waals surface area contributed by atoms with Crippen LogP contribution in [0.5, 0.6) is 0 Å². The topological polar surface area (TPSA) is 166 Å². The van der Waals surface area contributed by atoms with Crippen molar-refractivity contribution in [2.24, 2.45) is 5.73 Å². The predicted molar refractivity (Wildman–Crippen MR) is 276 cm³/mol. The molecule has 0 saturated heterocycles. The van der Waals surface area contributed by atoms with Gasteiger partial charge in [0.1, 0.15) is 5.82 Å². The second-order valence-electron chi connectivity index (χ2n) is 16.0. The van der Waals surface area contributed by atoms with E-state index in [-0.39, 0.29) is 27.7 Å². The maximum atomic E-state index is 12.6. The van der Waals surface area contributed by atoms with Crippen LogP contribution in [0.25, 0.3) is 0 Å². The van der Waals surface area contributed by atoms with Crippen molar-refractivity contribution in [2.75, 3.05) is 0 Å². The quantitative estimate of drug-likeness (QED) is 0.117. The summed E-state index contributed by atoms with van der Waals surface area (Å²) < 4.78 is 211. The number of hydrogen-bond acceptors (Lipinski definition) is 10. The van der Waals surface area contributed by atoms with Gasteiger partial charge in [0.05, 0.1) is 76.7 Å². The molecule has 2 N–H and O–H groups in total. The molecule has 8 rings (SSSR count). The highest BCUT2D eigenvalue weighted by Gasteiger charge is 2.34. The number of alkyl halides is 12. The number of rotatable bonds is 7. The van der Waals surface area contributed by atoms with Gasteiger partial charge >= 0.3 is 24.7 Å². The van der Waals surface area contributed by atoms with Crippen molar-refractivity contribution in [3.8, 4) is 18.2 Å². The van der Waals surface area contributed by atoms with Crippen molar-refractivity contribution < 1.29 is 73.9 Å². The third-order valence-corrected chi connectivity index (χ3v) is 15.0. The van der Waals surface area contributed by atoms with Gasteiger partial charge in [0, 0.05) is 21.2 Å². The lowest BCUT2D eigenvalue weighted by atomic mass is 10.2. The summed E-state index contributed by atoms with van der Waals surface area (Å²) in [4.78, 5) is 0.553. The highest BCUT2D eigenvalue weighted by atomic mass is 32.2. The van der Waals surface area contributed by atoms with Crippen molar-refractivity contribution in [3.05, 3.63) is 244 Å². The van der Waals surface area contributed by atoms with Crippen molar-refractivity contribution in [1.29, 1.82) is 15.8 Å². The van der Waals surface area contributed by atoms with E-state index >= 15 is 0 Å². The first-order chi connectivity index (χ1) is 37.8. The molecule has 0 aliphatic rings. The third-order valence-electron chi connectivity index (χ3n) is 10.2. The smallest absolute Gasteiger partial charge is 0.326 e. The van der Waals surface area contributed by atoms with E-state index in [0.29, 0.717) is 33.1 Å². The molecule has 0 atom stereocenters. The fraction of sp³-hybridized carbons (Fsp3) is 0.0893. The fourth-order valence-electron chi connectivity index (χ4n) is 6.14. The van der Waals surface area contributed by atoms with E-state index in [1.165, 1.54) is 103 Å². The molecule has 0 aliphatic carbocycles. The minimum atomic E-state index is -4.61. The Morgan fingerprint density at radius 3 is 1.10 bits per heavy atom. The first kappa shape index (κ1) is 65.4. The Bertz CT molecular complexity index is 3740. The molecule has 0 unspecified atom stereocenters. The molecule has 25 heteroatoms. The van der Waals surface area contributed by atoms with E-state index in [4.69, 9.17) is 21.5 Å². The Balaban J connectivity index is 0.000000225. The lowest BCUT2D eigenvalue weighted by Gasteiger charge is -2.10. The van der Waals surface area contributed by atoms with Gasteiger partial charge in [0.2, 0.25) is 19.7 Å². The number of halogens is 13. The van der Waals surface area contributed by atoms with Crippen molar-refractivity contribution in [1.82, 2.24) is 0 Å². The molecule has 0 amide bonds. The van der Waals surface area contributed by atoms with Gasteiger partial charge in [-0.1, -0.05) is 48.2 Å². The van der Waals surface area contributed by atoms with Gasteiger partial charge in [-0.15, -0.1) is 12.6 Å². The summed E-state index contributed by atoms with van der Waals surface area (Å²) in [7, 11) is -8.04. The van der Waals surface area contributed by atoms with Gasteiger partial charge in [0.15, 0.2) is 0 Å². The molecule has 8 aromatic rings. The first-order valence-electron chi connectivity index (χ1n) is 22.3. The molecule has 81 heavy (non-hydrogen) atoms. The molecular formula is C56H37F13N4O4S4. The van der Waals surface area contributed by atoms with E-state index in [9.17, 15) is 73.9 Å². The number of benzene rings is 8. The van der Waals surface area contributed by atoms with Crippen molar-refractivity contribution >= 4 is 44.1 Å². The van der Waals surface area contributed by atoms with Crippen molar-refractivity contribution in [2.45, 2.75) is 65.5 Å². The number of nitriles is 3. The van der Waals surface area contributed by atoms with Gasteiger partial charge in [-0.2, -0.15) is 68.5 Å². The van der Waals surface area contributed by atoms with Crippen LogP contribution >= 0.6 is 24.4 Å². The lowest BCUT2D eigenvalue weighted by Crippen LogP contribution is -2.08. The van der Waals surface area contributed by atoms with Crippen LogP contribution in [0, 0.1) is 39.8 Å². The Kier molecular flexibility index (Phi) is 22.9. The van der Waals surface area contributed by atoms with E-state index in [1.807, 2.05) is 18.2 Å². The summed E-state index contributed by atoms with van der Waals surface area (Å²) in [6.07, 6.45) is -17.8. The van der Waals surface area contributed by atoms with Crippen LogP contribution in [0.3, 0.4) is 0 Å². The SMILES string of the molecule is FC(F)(F)c1cccc(S)c1.N#Cc1ccc(F)cc1.N#Cc1ccc(S(=O)(=O)c2cccc(C(F)(F)F)c2)cc1.N#Cc1ccc(Sc2cccc(C(F)(F)F)c2)cc1.NCc1ccc(S(=O)(=O)c2cccc(C(F)(F)F)c2)cc1. The van der Waals surface area contributed by atoms with E-state index in [2.05, 4.69) is 12.6 Å². The average Bonchev–Trinajstić information content (AvgIpc) is 3.52. The van der Waals surface area contributed by atoms with Crippen molar-refractivity contribution in [3.63, 3.8) is 0 Å². The number of hydrogen-bond donors (Lipinski definition) is 2. The summed E-state index contributed by atoms with van der Waals surface area (Å²) in [5, 5.41) is 25.6. The normalized spacial score (nSPS) is 11.4. The molecule has 0 radical (unpaired) electrons. The minimum Gasteiger partial charge on any atom is -0.326 e. The molecule has 0 fully saturated rings. The molecule has 0 aromatic heterocycles. The van der Waals surface area contributed by atoms with Crippen LogP contribution in [0.2, 0.25) is 0 Å². The monoisotopic (exact) mass is 1200 g/mol. The zero-order valence-corrected chi connectivity index (χ0v) is 44.2. The zero-order chi connectivity index (χ0) is 60.4. The highest BCUT2D eigenvalue weighted by molar-refractivity contribution is 7.99. The molecule has 0 bridgehead atoms. The highest BCUT2D eigenvalue weighted by Crippen LogP contribution is 2.36. The molecular weight excluding hydrogens is 1170 g/mol. The number of nitrogens with zero attached hydrogens (tertiary/aromatic N) is 3. The largest absolute Gasteiger partial charge is 0.416 e. The summed E-state index contributed by atoms with van der Waals surface area (Å²) in [6, 6.07) is 45.7. The predicted octanol–water partition coefficient (Wildman–Crippen LogP) is 15.8. The first-order valence-corrected chi connectivity index (χ1v) is 26.6. The second kappa shape index (κ2) is 28.3. The minimum absolute atomic E-state index is 0.0703. The Labute approximate surface area is 465 Å². The average molecular weight is 1210 g/mol. The van der Waals surface area contributed by atoms with Crippen LogP contribution < -0.4 is 5.73 Å². The summed E-state index contributed by atoms with van der Waals surface area (Å²) in [6.45, 7) is 0.254. The van der Waals surface area contributed by atoms with Gasteiger partial charge in [-0.25, -0.2) is 21.2 Å². The molecule has 0 heterocycles. The fourth-order valence-corrected chi connectivity index (χ4v) is 9.86. The number of thiol groups is 1. The molecule has 0 aliphatic heterocycles. The van der Waals surface area contributed by atoms with Crippen LogP contribution in [0.15, 0.2) is 228 Å². The van der Waals surface area contributed by atoms with Gasteiger partial charge in [0.25, 0.3) is 0 Å². The van der Waals surface area contributed by atoms with E-state index < -0.39 is 76.4 Å². The standard InChI is InChI=1S/C14H12F3NO2S.C14H8F3NO2S.C14H8F3NS.C7H5F3S.C7H4FN/c2*15-14(16,17)11-2-1-3-13(8-11)21(19,20)12-6-4-10(9-18)5-7-12;15-14(16,17)11-2-1-3-13(8-11)19-12-6-4-10(9-18)5-7-12;8-7(9,10)5-2-1-3-6(11)4-5;8-7-3-1-6(5-9)2-4-7/h1-8H,9,18H2;1-8H;1-8H;1-4,11H;1-4H. The lowest BCUT2D eigenvalue weighted by molar-refractivity contribution is -0.138. The summed E-state index contributed by atoms with van der Waals surface area (Å²) in [5.41, 5.74) is 4.06. The molecule has 0 saturated carbocycles. The van der Waals surface area contributed by atoms with Crippen LogP contribution in [0.1, 0.15) is 44.5 Å².